The molecule has 5 heteroatoms. The summed E-state index contributed by atoms with van der Waals surface area (Å²) in [7, 11) is 0. The SMILES string of the molecule is Fc1ccc(OC2CCN(c3ncccn3)CC2)cc1. The summed E-state index contributed by atoms with van der Waals surface area (Å²) in [5, 5.41) is 0. The highest BCUT2D eigenvalue weighted by atomic mass is 19.1. The largest absolute Gasteiger partial charge is 0.490 e. The van der Waals surface area contributed by atoms with Crippen molar-refractivity contribution in [3.05, 3.63) is 48.5 Å². The Hall–Kier alpha value is -2.17. The zero-order chi connectivity index (χ0) is 13.8. The van der Waals surface area contributed by atoms with Gasteiger partial charge >= 0.3 is 0 Å². The van der Waals surface area contributed by atoms with Gasteiger partial charge in [-0.25, -0.2) is 14.4 Å². The van der Waals surface area contributed by atoms with E-state index in [0.29, 0.717) is 0 Å². The predicted octanol–water partition coefficient (Wildman–Crippen LogP) is 2.66. The molecule has 0 aliphatic carbocycles. The normalized spacial score (nSPS) is 16.1. The molecule has 1 aliphatic rings. The quantitative estimate of drug-likeness (QED) is 0.861. The van der Waals surface area contributed by atoms with Crippen molar-refractivity contribution in [2.24, 2.45) is 0 Å². The Bertz CT molecular complexity index is 539. The number of hydrogen-bond acceptors (Lipinski definition) is 4. The van der Waals surface area contributed by atoms with Crippen LogP contribution < -0.4 is 9.64 Å². The summed E-state index contributed by atoms with van der Waals surface area (Å²) in [6, 6.07) is 7.99. The first-order valence-corrected chi connectivity index (χ1v) is 6.75. The lowest BCUT2D eigenvalue weighted by atomic mass is 10.1. The van der Waals surface area contributed by atoms with E-state index in [4.69, 9.17) is 4.74 Å². The number of anilines is 1. The summed E-state index contributed by atoms with van der Waals surface area (Å²) in [5.41, 5.74) is 0. The van der Waals surface area contributed by atoms with Gasteiger partial charge in [-0.05, 0) is 30.3 Å². The number of benzene rings is 1. The van der Waals surface area contributed by atoms with Gasteiger partial charge in [-0.15, -0.1) is 0 Å². The monoisotopic (exact) mass is 273 g/mol. The summed E-state index contributed by atoms with van der Waals surface area (Å²) < 4.78 is 18.7. The molecule has 0 N–H and O–H groups in total. The summed E-state index contributed by atoms with van der Waals surface area (Å²) in [6.45, 7) is 1.74. The van der Waals surface area contributed by atoms with Gasteiger partial charge in [0.1, 0.15) is 17.7 Å². The average molecular weight is 273 g/mol. The van der Waals surface area contributed by atoms with Gasteiger partial charge in [0.05, 0.1) is 0 Å². The van der Waals surface area contributed by atoms with Gasteiger partial charge in [0, 0.05) is 38.3 Å². The molecule has 1 aromatic heterocycles. The zero-order valence-electron chi connectivity index (χ0n) is 11.1. The number of halogens is 1. The number of piperidine rings is 1. The minimum Gasteiger partial charge on any atom is -0.490 e. The third kappa shape index (κ3) is 3.04. The van der Waals surface area contributed by atoms with E-state index in [1.165, 1.54) is 12.1 Å². The van der Waals surface area contributed by atoms with Crippen molar-refractivity contribution in [1.29, 1.82) is 0 Å². The Labute approximate surface area is 117 Å². The van der Waals surface area contributed by atoms with Gasteiger partial charge in [-0.1, -0.05) is 0 Å². The van der Waals surface area contributed by atoms with Crippen molar-refractivity contribution in [1.82, 2.24) is 9.97 Å². The lowest BCUT2D eigenvalue weighted by Gasteiger charge is -2.32. The van der Waals surface area contributed by atoms with Crippen LogP contribution in [0.15, 0.2) is 42.7 Å². The Morgan fingerprint density at radius 2 is 1.70 bits per heavy atom. The fourth-order valence-electron chi connectivity index (χ4n) is 2.33. The van der Waals surface area contributed by atoms with Crippen molar-refractivity contribution in [3.8, 4) is 5.75 Å². The average Bonchev–Trinajstić information content (AvgIpc) is 2.51. The molecule has 1 aromatic carbocycles. The lowest BCUT2D eigenvalue weighted by Crippen LogP contribution is -2.39. The molecule has 1 fully saturated rings. The highest BCUT2D eigenvalue weighted by molar-refractivity contribution is 5.29. The topological polar surface area (TPSA) is 38.2 Å². The molecular weight excluding hydrogens is 257 g/mol. The summed E-state index contributed by atoms with van der Waals surface area (Å²) in [4.78, 5) is 10.7. The molecule has 0 atom stereocenters. The van der Waals surface area contributed by atoms with Crippen LogP contribution in [0.25, 0.3) is 0 Å². The van der Waals surface area contributed by atoms with Crippen molar-refractivity contribution in [3.63, 3.8) is 0 Å². The first-order chi connectivity index (χ1) is 9.81. The van der Waals surface area contributed by atoms with E-state index >= 15 is 0 Å². The van der Waals surface area contributed by atoms with Crippen LogP contribution in [0, 0.1) is 5.82 Å². The number of aromatic nitrogens is 2. The van der Waals surface area contributed by atoms with Crippen LogP contribution in [0.3, 0.4) is 0 Å². The molecule has 0 unspecified atom stereocenters. The van der Waals surface area contributed by atoms with Crippen LogP contribution in [0.4, 0.5) is 10.3 Å². The van der Waals surface area contributed by atoms with Crippen molar-refractivity contribution in [2.45, 2.75) is 18.9 Å². The molecule has 3 rings (SSSR count). The van der Waals surface area contributed by atoms with Gasteiger partial charge in [0.2, 0.25) is 5.95 Å². The smallest absolute Gasteiger partial charge is 0.225 e. The molecular formula is C15H16FN3O. The Morgan fingerprint density at radius 1 is 1.05 bits per heavy atom. The lowest BCUT2D eigenvalue weighted by molar-refractivity contribution is 0.170. The highest BCUT2D eigenvalue weighted by Gasteiger charge is 2.21. The van der Waals surface area contributed by atoms with Gasteiger partial charge in [-0.2, -0.15) is 0 Å². The molecule has 2 heterocycles. The minimum absolute atomic E-state index is 0.167. The second kappa shape index (κ2) is 5.86. The van der Waals surface area contributed by atoms with Crippen LogP contribution >= 0.6 is 0 Å². The van der Waals surface area contributed by atoms with E-state index in [-0.39, 0.29) is 11.9 Å². The van der Waals surface area contributed by atoms with Crippen LogP contribution in [0.2, 0.25) is 0 Å². The van der Waals surface area contributed by atoms with E-state index in [2.05, 4.69) is 14.9 Å². The minimum atomic E-state index is -0.242. The van der Waals surface area contributed by atoms with E-state index in [0.717, 1.165) is 37.6 Å². The van der Waals surface area contributed by atoms with Crippen LogP contribution in [-0.4, -0.2) is 29.2 Å². The molecule has 104 valence electrons. The second-order valence-corrected chi connectivity index (χ2v) is 4.81. The summed E-state index contributed by atoms with van der Waals surface area (Å²) in [5.74, 6) is 1.25. The van der Waals surface area contributed by atoms with Crippen LogP contribution in [-0.2, 0) is 0 Å². The zero-order valence-corrected chi connectivity index (χ0v) is 11.1. The maximum Gasteiger partial charge on any atom is 0.225 e. The third-order valence-electron chi connectivity index (χ3n) is 3.39. The van der Waals surface area contributed by atoms with Crippen LogP contribution in [0.5, 0.6) is 5.75 Å². The van der Waals surface area contributed by atoms with E-state index < -0.39 is 0 Å². The van der Waals surface area contributed by atoms with Gasteiger partial charge in [0.15, 0.2) is 0 Å². The fourth-order valence-corrected chi connectivity index (χ4v) is 2.33. The van der Waals surface area contributed by atoms with E-state index in [9.17, 15) is 4.39 Å². The highest BCUT2D eigenvalue weighted by Crippen LogP contribution is 2.21. The number of ether oxygens (including phenoxy) is 1. The Balaban J connectivity index is 1.55. The maximum absolute atomic E-state index is 12.8. The van der Waals surface area contributed by atoms with Gasteiger partial charge < -0.3 is 9.64 Å². The Morgan fingerprint density at radius 3 is 2.35 bits per heavy atom. The molecule has 1 saturated heterocycles. The first kappa shape index (κ1) is 12.8. The summed E-state index contributed by atoms with van der Waals surface area (Å²) >= 11 is 0. The predicted molar refractivity (Wildman–Crippen MR) is 74.3 cm³/mol. The first-order valence-electron chi connectivity index (χ1n) is 6.75. The fraction of sp³-hybridized carbons (Fsp3) is 0.333. The molecule has 0 radical (unpaired) electrons. The van der Waals surface area contributed by atoms with Crippen molar-refractivity contribution < 1.29 is 9.13 Å². The van der Waals surface area contributed by atoms with Gasteiger partial charge in [0.25, 0.3) is 0 Å². The number of nitrogens with zero attached hydrogens (tertiary/aromatic N) is 3. The molecule has 20 heavy (non-hydrogen) atoms. The third-order valence-corrected chi connectivity index (χ3v) is 3.39. The maximum atomic E-state index is 12.8. The Kier molecular flexibility index (Phi) is 3.76. The molecule has 0 bridgehead atoms. The molecule has 0 spiro atoms. The second-order valence-electron chi connectivity index (χ2n) is 4.81. The summed E-state index contributed by atoms with van der Waals surface area (Å²) in [6.07, 6.45) is 5.50. The number of rotatable bonds is 3. The molecule has 0 saturated carbocycles. The van der Waals surface area contributed by atoms with E-state index in [1.807, 2.05) is 6.07 Å². The molecule has 4 nitrogen and oxygen atoms in total. The van der Waals surface area contributed by atoms with E-state index in [1.54, 1.807) is 24.5 Å². The van der Waals surface area contributed by atoms with Crippen molar-refractivity contribution >= 4 is 5.95 Å². The molecule has 0 amide bonds. The van der Waals surface area contributed by atoms with Crippen molar-refractivity contribution in [2.75, 3.05) is 18.0 Å². The standard InChI is InChI=1S/C15H16FN3O/c16-12-2-4-13(5-3-12)20-14-6-10-19(11-7-14)15-17-8-1-9-18-15/h1-5,8-9,14H,6-7,10-11H2. The molecule has 1 aliphatic heterocycles. The van der Waals surface area contributed by atoms with Crippen LogP contribution in [0.1, 0.15) is 12.8 Å². The molecule has 2 aromatic rings. The number of hydrogen-bond donors (Lipinski definition) is 0. The van der Waals surface area contributed by atoms with Gasteiger partial charge in [-0.3, -0.25) is 0 Å².